The van der Waals surface area contributed by atoms with Gasteiger partial charge in [-0.3, -0.25) is 0 Å². The highest BCUT2D eigenvalue weighted by Crippen LogP contribution is 2.42. The second-order valence-corrected chi connectivity index (χ2v) is 7.45. The van der Waals surface area contributed by atoms with Crippen LogP contribution in [-0.2, 0) is 6.54 Å². The number of anilines is 1. The first-order chi connectivity index (χ1) is 10.1. The first-order valence-corrected chi connectivity index (χ1v) is 8.70. The molecule has 3 rings (SSSR count). The Labute approximate surface area is 129 Å². The number of fused-ring (bicyclic) bond motifs is 1. The van der Waals surface area contributed by atoms with Gasteiger partial charge in [-0.05, 0) is 49.7 Å². The van der Waals surface area contributed by atoms with Crippen molar-refractivity contribution >= 4 is 5.69 Å². The van der Waals surface area contributed by atoms with Gasteiger partial charge in [0, 0.05) is 30.9 Å². The highest BCUT2D eigenvalue weighted by molar-refractivity contribution is 5.55. The number of hydrogen-bond donors (Lipinski definition) is 1. The molecule has 21 heavy (non-hydrogen) atoms. The fourth-order valence-electron chi connectivity index (χ4n) is 3.92. The average Bonchev–Trinajstić information content (AvgIpc) is 3.29. The van der Waals surface area contributed by atoms with Crippen LogP contribution in [0.2, 0.25) is 0 Å². The zero-order chi connectivity index (χ0) is 14.9. The summed E-state index contributed by atoms with van der Waals surface area (Å²) in [7, 11) is 0. The van der Waals surface area contributed by atoms with Crippen molar-refractivity contribution in [2.45, 2.75) is 58.5 Å². The Bertz CT molecular complexity index is 480. The van der Waals surface area contributed by atoms with Crippen LogP contribution >= 0.6 is 0 Å². The molecule has 1 fully saturated rings. The van der Waals surface area contributed by atoms with Crippen LogP contribution in [0.25, 0.3) is 0 Å². The second kappa shape index (κ2) is 6.00. The average molecular weight is 286 g/mol. The molecule has 1 aliphatic carbocycles. The fraction of sp³-hybridized carbons (Fsp3) is 0.684. The topological polar surface area (TPSA) is 15.3 Å². The van der Waals surface area contributed by atoms with Crippen LogP contribution in [0, 0.1) is 11.8 Å². The molecule has 0 spiro atoms. The van der Waals surface area contributed by atoms with Crippen molar-refractivity contribution in [1.29, 1.82) is 0 Å². The number of nitrogens with zero attached hydrogens (tertiary/aromatic N) is 1. The van der Waals surface area contributed by atoms with Crippen LogP contribution in [0.4, 0.5) is 5.69 Å². The Balaban J connectivity index is 1.84. The lowest BCUT2D eigenvalue weighted by Crippen LogP contribution is -2.51. The number of nitrogens with one attached hydrogen (secondary N) is 1. The van der Waals surface area contributed by atoms with E-state index in [9.17, 15) is 0 Å². The molecule has 1 heterocycles. The van der Waals surface area contributed by atoms with Crippen LogP contribution < -0.4 is 10.2 Å². The monoisotopic (exact) mass is 286 g/mol. The summed E-state index contributed by atoms with van der Waals surface area (Å²) in [6.45, 7) is 10.5. The zero-order valence-electron chi connectivity index (χ0n) is 13.9. The van der Waals surface area contributed by atoms with E-state index in [0.29, 0.717) is 0 Å². The molecule has 1 aromatic rings. The van der Waals surface area contributed by atoms with Gasteiger partial charge < -0.3 is 10.2 Å². The molecule has 1 saturated carbocycles. The van der Waals surface area contributed by atoms with Crippen LogP contribution in [-0.4, -0.2) is 18.6 Å². The van der Waals surface area contributed by atoms with Gasteiger partial charge >= 0.3 is 0 Å². The van der Waals surface area contributed by atoms with Crippen molar-refractivity contribution in [2.24, 2.45) is 11.8 Å². The molecule has 0 amide bonds. The smallest absolute Gasteiger partial charge is 0.0412 e. The minimum atomic E-state index is 0.283. The quantitative estimate of drug-likeness (QED) is 0.872. The molecule has 2 atom stereocenters. The molecule has 1 N–H and O–H groups in total. The van der Waals surface area contributed by atoms with Gasteiger partial charge in [-0.25, -0.2) is 0 Å². The standard InChI is InChI=1S/C19H30N2/c1-4-7-15(2)13-21-14-19(3,17-10-11-17)20-12-16-8-5-6-9-18(16)21/h5-6,8-9,15,17,20H,4,7,10-14H2,1-3H3. The van der Waals surface area contributed by atoms with Crippen molar-refractivity contribution in [3.05, 3.63) is 29.8 Å². The Morgan fingerprint density at radius 3 is 2.81 bits per heavy atom. The van der Waals surface area contributed by atoms with E-state index in [4.69, 9.17) is 0 Å². The summed E-state index contributed by atoms with van der Waals surface area (Å²) >= 11 is 0. The van der Waals surface area contributed by atoms with E-state index in [1.807, 2.05) is 0 Å². The summed E-state index contributed by atoms with van der Waals surface area (Å²) < 4.78 is 0. The molecule has 0 saturated heterocycles. The third-order valence-corrected chi connectivity index (χ3v) is 5.33. The Kier molecular flexibility index (Phi) is 4.26. The first-order valence-electron chi connectivity index (χ1n) is 8.70. The minimum absolute atomic E-state index is 0.283. The maximum Gasteiger partial charge on any atom is 0.0412 e. The molecule has 1 aromatic carbocycles. The van der Waals surface area contributed by atoms with E-state index in [1.54, 1.807) is 0 Å². The van der Waals surface area contributed by atoms with Crippen molar-refractivity contribution in [1.82, 2.24) is 5.32 Å². The van der Waals surface area contributed by atoms with Gasteiger partial charge in [0.15, 0.2) is 0 Å². The molecule has 0 bridgehead atoms. The molecule has 1 aliphatic heterocycles. The summed E-state index contributed by atoms with van der Waals surface area (Å²) in [5.74, 6) is 1.64. The van der Waals surface area contributed by atoms with E-state index in [-0.39, 0.29) is 5.54 Å². The first kappa shape index (κ1) is 14.9. The number of hydrogen-bond acceptors (Lipinski definition) is 2. The molecule has 2 aliphatic rings. The lowest BCUT2D eigenvalue weighted by Gasteiger charge is -2.36. The predicted molar refractivity (Wildman–Crippen MR) is 90.7 cm³/mol. The SMILES string of the molecule is CCCC(C)CN1CC(C)(C2CC2)NCc2ccccc21. The Morgan fingerprint density at radius 2 is 2.10 bits per heavy atom. The van der Waals surface area contributed by atoms with Crippen molar-refractivity contribution < 1.29 is 0 Å². The zero-order valence-corrected chi connectivity index (χ0v) is 13.9. The van der Waals surface area contributed by atoms with Crippen LogP contribution in [0.1, 0.15) is 52.0 Å². The largest absolute Gasteiger partial charge is 0.369 e. The van der Waals surface area contributed by atoms with Gasteiger partial charge in [-0.1, -0.05) is 38.5 Å². The third-order valence-electron chi connectivity index (χ3n) is 5.33. The molecule has 116 valence electrons. The molecule has 0 radical (unpaired) electrons. The van der Waals surface area contributed by atoms with Gasteiger partial charge in [-0.2, -0.15) is 0 Å². The van der Waals surface area contributed by atoms with Crippen LogP contribution in [0.15, 0.2) is 24.3 Å². The van der Waals surface area contributed by atoms with E-state index >= 15 is 0 Å². The van der Waals surface area contributed by atoms with Gasteiger partial charge in [0.2, 0.25) is 0 Å². The van der Waals surface area contributed by atoms with E-state index in [2.05, 4.69) is 55.3 Å². The van der Waals surface area contributed by atoms with Gasteiger partial charge in [0.1, 0.15) is 0 Å². The van der Waals surface area contributed by atoms with Crippen molar-refractivity contribution in [2.75, 3.05) is 18.0 Å². The maximum absolute atomic E-state index is 3.87. The number of rotatable bonds is 5. The van der Waals surface area contributed by atoms with E-state index in [0.717, 1.165) is 24.9 Å². The second-order valence-electron chi connectivity index (χ2n) is 7.45. The Morgan fingerprint density at radius 1 is 1.33 bits per heavy atom. The minimum Gasteiger partial charge on any atom is -0.369 e. The summed E-state index contributed by atoms with van der Waals surface area (Å²) in [6, 6.07) is 8.97. The van der Waals surface area contributed by atoms with E-state index in [1.165, 1.54) is 43.5 Å². The number of para-hydroxylation sites is 1. The lowest BCUT2D eigenvalue weighted by atomic mass is 9.94. The van der Waals surface area contributed by atoms with Crippen LogP contribution in [0.3, 0.4) is 0 Å². The van der Waals surface area contributed by atoms with Crippen LogP contribution in [0.5, 0.6) is 0 Å². The molecule has 2 heteroatoms. The summed E-state index contributed by atoms with van der Waals surface area (Å²) in [6.07, 6.45) is 5.41. The summed E-state index contributed by atoms with van der Waals surface area (Å²) in [5.41, 5.74) is 3.20. The molecule has 2 unspecified atom stereocenters. The maximum atomic E-state index is 3.87. The number of benzene rings is 1. The molecule has 0 aromatic heterocycles. The lowest BCUT2D eigenvalue weighted by molar-refractivity contribution is 0.312. The molecule has 2 nitrogen and oxygen atoms in total. The highest BCUT2D eigenvalue weighted by Gasteiger charge is 2.43. The van der Waals surface area contributed by atoms with Gasteiger partial charge in [0.05, 0.1) is 0 Å². The third kappa shape index (κ3) is 3.26. The van der Waals surface area contributed by atoms with Crippen molar-refractivity contribution in [3.63, 3.8) is 0 Å². The van der Waals surface area contributed by atoms with Gasteiger partial charge in [0.25, 0.3) is 0 Å². The normalized spacial score (nSPS) is 27.1. The summed E-state index contributed by atoms with van der Waals surface area (Å²) in [5, 5.41) is 3.87. The Hall–Kier alpha value is -1.02. The highest BCUT2D eigenvalue weighted by atomic mass is 15.2. The molecular formula is C19H30N2. The predicted octanol–water partition coefficient (Wildman–Crippen LogP) is 4.20. The summed E-state index contributed by atoms with van der Waals surface area (Å²) in [4.78, 5) is 2.66. The fourth-order valence-corrected chi connectivity index (χ4v) is 3.92. The van der Waals surface area contributed by atoms with Crippen molar-refractivity contribution in [3.8, 4) is 0 Å². The molecular weight excluding hydrogens is 256 g/mol. The van der Waals surface area contributed by atoms with Gasteiger partial charge in [-0.15, -0.1) is 0 Å². The van der Waals surface area contributed by atoms with E-state index < -0.39 is 0 Å².